The molecule has 0 fully saturated rings. The summed E-state index contributed by atoms with van der Waals surface area (Å²) in [5, 5.41) is 13.7. The van der Waals surface area contributed by atoms with Crippen LogP contribution in [-0.2, 0) is 4.74 Å². The van der Waals surface area contributed by atoms with E-state index < -0.39 is 6.10 Å². The minimum Gasteiger partial charge on any atom is -0.389 e. The van der Waals surface area contributed by atoms with E-state index in [1.54, 1.807) is 0 Å². The average Bonchev–Trinajstić information content (AvgIpc) is 2.49. The van der Waals surface area contributed by atoms with E-state index in [0.29, 0.717) is 18.2 Å². The molecule has 0 aliphatic carbocycles. The second-order valence-corrected chi connectivity index (χ2v) is 5.82. The van der Waals surface area contributed by atoms with Crippen molar-refractivity contribution in [1.82, 2.24) is 0 Å². The van der Waals surface area contributed by atoms with Crippen LogP contribution in [0.2, 0.25) is 5.02 Å². The SMILES string of the molecule is CCCCCCCCOCC(O)CNc1ccc(Cl)cc1. The summed E-state index contributed by atoms with van der Waals surface area (Å²) in [6.45, 7) is 3.83. The number of hydrogen-bond donors (Lipinski definition) is 2. The lowest BCUT2D eigenvalue weighted by Crippen LogP contribution is -2.25. The summed E-state index contributed by atoms with van der Waals surface area (Å²) >= 11 is 5.82. The van der Waals surface area contributed by atoms with E-state index in [-0.39, 0.29) is 0 Å². The first-order valence-corrected chi connectivity index (χ1v) is 8.35. The quantitative estimate of drug-likeness (QED) is 0.559. The van der Waals surface area contributed by atoms with Crippen molar-refractivity contribution in [3.05, 3.63) is 29.3 Å². The molecule has 1 atom stereocenters. The molecule has 120 valence electrons. The molecule has 3 nitrogen and oxygen atoms in total. The number of aliphatic hydroxyl groups excluding tert-OH is 1. The number of anilines is 1. The third-order valence-electron chi connectivity index (χ3n) is 3.34. The molecule has 0 amide bonds. The first-order chi connectivity index (χ1) is 10.2. The van der Waals surface area contributed by atoms with Crippen LogP contribution in [0.1, 0.15) is 45.4 Å². The standard InChI is InChI=1S/C17H28ClNO2/c1-2-3-4-5-6-7-12-21-14-17(20)13-19-16-10-8-15(18)9-11-16/h8-11,17,19-20H,2-7,12-14H2,1H3. The Labute approximate surface area is 133 Å². The predicted molar refractivity (Wildman–Crippen MR) is 90.1 cm³/mol. The lowest BCUT2D eigenvalue weighted by atomic mass is 10.1. The van der Waals surface area contributed by atoms with Gasteiger partial charge in [0.1, 0.15) is 0 Å². The molecule has 4 heteroatoms. The number of ether oxygens (including phenoxy) is 1. The number of unbranched alkanes of at least 4 members (excludes halogenated alkanes) is 5. The summed E-state index contributed by atoms with van der Waals surface area (Å²) in [7, 11) is 0. The fraction of sp³-hybridized carbons (Fsp3) is 0.647. The number of aliphatic hydroxyl groups is 1. The van der Waals surface area contributed by atoms with Crippen LogP contribution < -0.4 is 5.32 Å². The molecule has 0 bridgehead atoms. The highest BCUT2D eigenvalue weighted by Gasteiger charge is 2.04. The highest BCUT2D eigenvalue weighted by molar-refractivity contribution is 6.30. The van der Waals surface area contributed by atoms with Gasteiger partial charge >= 0.3 is 0 Å². The van der Waals surface area contributed by atoms with Gasteiger partial charge in [0.2, 0.25) is 0 Å². The maximum atomic E-state index is 9.82. The van der Waals surface area contributed by atoms with Crippen molar-refractivity contribution in [3.63, 3.8) is 0 Å². The first kappa shape index (κ1) is 18.3. The van der Waals surface area contributed by atoms with Gasteiger partial charge in [-0.25, -0.2) is 0 Å². The lowest BCUT2D eigenvalue weighted by molar-refractivity contribution is 0.0416. The molecular formula is C17H28ClNO2. The van der Waals surface area contributed by atoms with Crippen LogP contribution in [0, 0.1) is 0 Å². The van der Waals surface area contributed by atoms with Gasteiger partial charge in [-0.15, -0.1) is 0 Å². The molecule has 0 saturated carbocycles. The van der Waals surface area contributed by atoms with Gasteiger partial charge in [0.15, 0.2) is 0 Å². The predicted octanol–water partition coefficient (Wildman–Crippen LogP) is 4.49. The largest absolute Gasteiger partial charge is 0.389 e. The van der Waals surface area contributed by atoms with Gasteiger partial charge in [-0.1, -0.05) is 50.6 Å². The Kier molecular flexibility index (Phi) is 10.3. The maximum Gasteiger partial charge on any atom is 0.0945 e. The summed E-state index contributed by atoms with van der Waals surface area (Å²) in [6, 6.07) is 7.44. The third-order valence-corrected chi connectivity index (χ3v) is 3.59. The molecule has 0 aliphatic rings. The molecule has 0 saturated heterocycles. The number of benzene rings is 1. The Hall–Kier alpha value is -0.770. The Bertz CT molecular complexity index is 356. The molecule has 1 aromatic carbocycles. The van der Waals surface area contributed by atoms with Gasteiger partial charge < -0.3 is 15.2 Å². The van der Waals surface area contributed by atoms with Crippen molar-refractivity contribution in [3.8, 4) is 0 Å². The van der Waals surface area contributed by atoms with Crippen LogP contribution >= 0.6 is 11.6 Å². The molecule has 1 rings (SSSR count). The Morgan fingerprint density at radius 2 is 1.76 bits per heavy atom. The van der Waals surface area contributed by atoms with Crippen LogP contribution in [0.4, 0.5) is 5.69 Å². The molecule has 0 radical (unpaired) electrons. The molecule has 0 spiro atoms. The Balaban J connectivity index is 1.96. The molecule has 1 unspecified atom stereocenters. The van der Waals surface area contributed by atoms with Crippen molar-refractivity contribution in [2.24, 2.45) is 0 Å². The second kappa shape index (κ2) is 11.8. The third kappa shape index (κ3) is 9.72. The summed E-state index contributed by atoms with van der Waals surface area (Å²) in [4.78, 5) is 0. The minimum absolute atomic E-state index is 0.384. The zero-order chi connectivity index (χ0) is 15.3. The molecule has 0 aromatic heterocycles. The smallest absolute Gasteiger partial charge is 0.0945 e. The van der Waals surface area contributed by atoms with Gasteiger partial charge in [-0.3, -0.25) is 0 Å². The highest BCUT2D eigenvalue weighted by Crippen LogP contribution is 2.13. The van der Waals surface area contributed by atoms with E-state index in [4.69, 9.17) is 16.3 Å². The van der Waals surface area contributed by atoms with E-state index in [9.17, 15) is 5.11 Å². The van der Waals surface area contributed by atoms with Crippen LogP contribution in [-0.4, -0.2) is 31.0 Å². The van der Waals surface area contributed by atoms with Crippen molar-refractivity contribution in [2.45, 2.75) is 51.6 Å². The molecule has 1 aromatic rings. The molecular weight excluding hydrogens is 286 g/mol. The van der Waals surface area contributed by atoms with Gasteiger partial charge in [0.25, 0.3) is 0 Å². The van der Waals surface area contributed by atoms with Gasteiger partial charge in [-0.2, -0.15) is 0 Å². The van der Waals surface area contributed by atoms with E-state index in [1.165, 1.54) is 32.1 Å². The van der Waals surface area contributed by atoms with E-state index in [0.717, 1.165) is 18.7 Å². The highest BCUT2D eigenvalue weighted by atomic mass is 35.5. The topological polar surface area (TPSA) is 41.5 Å². The maximum absolute atomic E-state index is 9.82. The summed E-state index contributed by atoms with van der Waals surface area (Å²) in [5.41, 5.74) is 0.953. The molecule has 2 N–H and O–H groups in total. The monoisotopic (exact) mass is 313 g/mol. The lowest BCUT2D eigenvalue weighted by Gasteiger charge is -2.13. The first-order valence-electron chi connectivity index (χ1n) is 7.97. The van der Waals surface area contributed by atoms with Gasteiger partial charge in [0, 0.05) is 23.9 Å². The van der Waals surface area contributed by atoms with Crippen molar-refractivity contribution in [1.29, 1.82) is 0 Å². The van der Waals surface area contributed by atoms with Gasteiger partial charge in [0.05, 0.1) is 12.7 Å². The second-order valence-electron chi connectivity index (χ2n) is 5.38. The number of nitrogens with one attached hydrogen (secondary N) is 1. The van der Waals surface area contributed by atoms with Crippen LogP contribution in [0.25, 0.3) is 0 Å². The minimum atomic E-state index is -0.485. The fourth-order valence-electron chi connectivity index (χ4n) is 2.07. The normalized spacial score (nSPS) is 12.3. The summed E-state index contributed by atoms with van der Waals surface area (Å²) < 4.78 is 5.50. The Morgan fingerprint density at radius 3 is 2.48 bits per heavy atom. The zero-order valence-corrected chi connectivity index (χ0v) is 13.7. The van der Waals surface area contributed by atoms with Crippen LogP contribution in [0.5, 0.6) is 0 Å². The van der Waals surface area contributed by atoms with Crippen LogP contribution in [0.15, 0.2) is 24.3 Å². The molecule has 0 aliphatic heterocycles. The fourth-order valence-corrected chi connectivity index (χ4v) is 2.19. The van der Waals surface area contributed by atoms with E-state index >= 15 is 0 Å². The van der Waals surface area contributed by atoms with Crippen molar-refractivity contribution < 1.29 is 9.84 Å². The number of rotatable bonds is 12. The number of hydrogen-bond acceptors (Lipinski definition) is 3. The summed E-state index contributed by atoms with van der Waals surface area (Å²) in [6.07, 6.45) is 7.04. The average molecular weight is 314 g/mol. The Morgan fingerprint density at radius 1 is 1.10 bits per heavy atom. The van der Waals surface area contributed by atoms with Crippen molar-refractivity contribution in [2.75, 3.05) is 25.1 Å². The summed E-state index contributed by atoms with van der Waals surface area (Å²) in [5.74, 6) is 0. The van der Waals surface area contributed by atoms with Crippen LogP contribution in [0.3, 0.4) is 0 Å². The van der Waals surface area contributed by atoms with E-state index in [2.05, 4.69) is 12.2 Å². The number of halogens is 1. The molecule has 21 heavy (non-hydrogen) atoms. The van der Waals surface area contributed by atoms with Crippen molar-refractivity contribution >= 4 is 17.3 Å². The van der Waals surface area contributed by atoms with E-state index in [1.807, 2.05) is 24.3 Å². The molecule has 0 heterocycles. The van der Waals surface area contributed by atoms with Gasteiger partial charge in [-0.05, 0) is 30.7 Å². The zero-order valence-electron chi connectivity index (χ0n) is 13.0.